The Morgan fingerprint density at radius 2 is 1.70 bits per heavy atom. The third-order valence-corrected chi connectivity index (χ3v) is 5.65. The van der Waals surface area contributed by atoms with Crippen molar-refractivity contribution in [3.63, 3.8) is 0 Å². The van der Waals surface area contributed by atoms with Crippen molar-refractivity contribution in [2.75, 3.05) is 5.32 Å². The van der Waals surface area contributed by atoms with Crippen molar-refractivity contribution in [1.82, 2.24) is 14.8 Å². The van der Waals surface area contributed by atoms with E-state index in [2.05, 4.69) is 31.3 Å². The minimum absolute atomic E-state index is 0.000957. The fraction of sp³-hybridized carbons (Fsp3) is 0. The van der Waals surface area contributed by atoms with Gasteiger partial charge in [0.25, 0.3) is 5.91 Å². The molecular formula is C21H12BrCl3N4O. The van der Waals surface area contributed by atoms with Gasteiger partial charge in [0, 0.05) is 20.7 Å². The third kappa shape index (κ3) is 4.52. The van der Waals surface area contributed by atoms with Crippen LogP contribution in [0, 0.1) is 0 Å². The molecule has 0 atom stereocenters. The predicted octanol–water partition coefficient (Wildman–Crippen LogP) is 6.91. The molecule has 4 aromatic rings. The van der Waals surface area contributed by atoms with Crippen LogP contribution in [0.5, 0.6) is 0 Å². The first-order valence-electron chi connectivity index (χ1n) is 8.66. The van der Waals surface area contributed by atoms with Crippen molar-refractivity contribution in [3.05, 3.63) is 92.1 Å². The summed E-state index contributed by atoms with van der Waals surface area (Å²) in [5, 5.41) is 8.48. The van der Waals surface area contributed by atoms with Gasteiger partial charge in [-0.2, -0.15) is 0 Å². The highest BCUT2D eigenvalue weighted by atomic mass is 79.9. The zero-order valence-electron chi connectivity index (χ0n) is 15.1. The molecule has 0 aliphatic rings. The normalized spacial score (nSPS) is 10.8. The van der Waals surface area contributed by atoms with E-state index in [0.717, 1.165) is 10.0 Å². The SMILES string of the molecule is O=C(Nc1cccc(Cl)c1)c1nc(-c2ccc(Br)cc2)n(-c2ccc(Cl)c(Cl)c2)n1. The molecule has 30 heavy (non-hydrogen) atoms. The number of hydrogen-bond acceptors (Lipinski definition) is 3. The molecule has 0 saturated carbocycles. The minimum Gasteiger partial charge on any atom is -0.319 e. The lowest BCUT2D eigenvalue weighted by Crippen LogP contribution is -2.14. The molecule has 4 rings (SSSR count). The molecule has 5 nitrogen and oxygen atoms in total. The minimum atomic E-state index is -0.463. The predicted molar refractivity (Wildman–Crippen MR) is 124 cm³/mol. The van der Waals surface area contributed by atoms with E-state index in [4.69, 9.17) is 34.8 Å². The van der Waals surface area contributed by atoms with Gasteiger partial charge in [-0.3, -0.25) is 4.79 Å². The van der Waals surface area contributed by atoms with Crippen LogP contribution in [-0.4, -0.2) is 20.7 Å². The lowest BCUT2D eigenvalue weighted by Gasteiger charge is -2.07. The van der Waals surface area contributed by atoms with Crippen molar-refractivity contribution in [2.24, 2.45) is 0 Å². The molecule has 3 aromatic carbocycles. The van der Waals surface area contributed by atoms with Crippen molar-refractivity contribution >= 4 is 62.3 Å². The van der Waals surface area contributed by atoms with Gasteiger partial charge in [0.1, 0.15) is 0 Å². The van der Waals surface area contributed by atoms with Crippen molar-refractivity contribution in [1.29, 1.82) is 0 Å². The van der Waals surface area contributed by atoms with Crippen molar-refractivity contribution < 1.29 is 4.79 Å². The maximum atomic E-state index is 12.8. The van der Waals surface area contributed by atoms with Crippen LogP contribution in [0.1, 0.15) is 10.6 Å². The number of carbonyl (C=O) groups is 1. The van der Waals surface area contributed by atoms with Crippen LogP contribution in [-0.2, 0) is 0 Å². The van der Waals surface area contributed by atoms with Crippen LogP contribution < -0.4 is 5.32 Å². The maximum absolute atomic E-state index is 12.8. The highest BCUT2D eigenvalue weighted by Gasteiger charge is 2.19. The summed E-state index contributed by atoms with van der Waals surface area (Å²) in [6.07, 6.45) is 0. The number of aromatic nitrogens is 3. The Hall–Kier alpha value is -2.38. The molecule has 1 N–H and O–H groups in total. The zero-order chi connectivity index (χ0) is 21.3. The van der Waals surface area contributed by atoms with E-state index in [1.807, 2.05) is 24.3 Å². The molecule has 9 heteroatoms. The summed E-state index contributed by atoms with van der Waals surface area (Å²) in [4.78, 5) is 17.3. The molecule has 0 bridgehead atoms. The third-order valence-electron chi connectivity index (χ3n) is 4.14. The van der Waals surface area contributed by atoms with Gasteiger partial charge >= 0.3 is 0 Å². The Kier molecular flexibility index (Phi) is 6.11. The van der Waals surface area contributed by atoms with E-state index in [1.165, 1.54) is 0 Å². The van der Waals surface area contributed by atoms with Crippen LogP contribution in [0.25, 0.3) is 17.1 Å². The molecule has 1 amide bonds. The molecule has 150 valence electrons. The monoisotopic (exact) mass is 520 g/mol. The number of rotatable bonds is 4. The Balaban J connectivity index is 1.77. The van der Waals surface area contributed by atoms with E-state index in [-0.39, 0.29) is 5.82 Å². The number of amides is 1. The number of carbonyl (C=O) groups excluding carboxylic acids is 1. The number of hydrogen-bond donors (Lipinski definition) is 1. The molecule has 1 aromatic heterocycles. The van der Waals surface area contributed by atoms with Gasteiger partial charge in [0.2, 0.25) is 5.82 Å². The lowest BCUT2D eigenvalue weighted by molar-refractivity contribution is 0.101. The summed E-state index contributed by atoms with van der Waals surface area (Å²) < 4.78 is 2.48. The summed E-state index contributed by atoms with van der Waals surface area (Å²) >= 11 is 21.6. The summed E-state index contributed by atoms with van der Waals surface area (Å²) in [7, 11) is 0. The van der Waals surface area contributed by atoms with Gasteiger partial charge in [-0.1, -0.05) is 68.9 Å². The first-order valence-corrected chi connectivity index (χ1v) is 10.6. The van der Waals surface area contributed by atoms with Gasteiger partial charge < -0.3 is 5.32 Å². The first kappa shape index (κ1) is 20.9. The quantitative estimate of drug-likeness (QED) is 0.317. The number of nitrogens with one attached hydrogen (secondary N) is 1. The lowest BCUT2D eigenvalue weighted by atomic mass is 10.2. The molecule has 0 spiro atoms. The molecule has 0 aliphatic heterocycles. The standard InChI is InChI=1S/C21H12BrCl3N4O/c22-13-6-4-12(5-7-13)20-27-19(21(30)26-15-3-1-2-14(23)10-15)28-29(20)16-8-9-17(24)18(25)11-16/h1-11H,(H,26,30). The maximum Gasteiger partial charge on any atom is 0.295 e. The molecular weight excluding hydrogens is 511 g/mol. The van der Waals surface area contributed by atoms with E-state index in [9.17, 15) is 4.79 Å². The van der Waals surface area contributed by atoms with Crippen LogP contribution >= 0.6 is 50.7 Å². The molecule has 1 heterocycles. The van der Waals surface area contributed by atoms with Crippen molar-refractivity contribution in [3.8, 4) is 17.1 Å². The van der Waals surface area contributed by atoms with Crippen molar-refractivity contribution in [2.45, 2.75) is 0 Å². The molecule has 0 aliphatic carbocycles. The van der Waals surface area contributed by atoms with Gasteiger partial charge in [-0.15, -0.1) is 5.10 Å². The van der Waals surface area contributed by atoms with Crippen LogP contribution in [0.15, 0.2) is 71.2 Å². The summed E-state index contributed by atoms with van der Waals surface area (Å²) in [6, 6.07) is 19.4. The number of anilines is 1. The van der Waals surface area contributed by atoms with E-state index in [1.54, 1.807) is 47.1 Å². The fourth-order valence-corrected chi connectivity index (χ4v) is 3.49. The topological polar surface area (TPSA) is 59.8 Å². The zero-order valence-corrected chi connectivity index (χ0v) is 19.0. The number of benzene rings is 3. The summed E-state index contributed by atoms with van der Waals surface area (Å²) in [5.41, 5.74) is 1.94. The highest BCUT2D eigenvalue weighted by Crippen LogP contribution is 2.28. The first-order chi connectivity index (χ1) is 14.4. The molecule has 0 radical (unpaired) electrons. The van der Waals surface area contributed by atoms with Gasteiger partial charge in [-0.05, 0) is 48.5 Å². The van der Waals surface area contributed by atoms with Crippen LogP contribution in [0.2, 0.25) is 15.1 Å². The molecule has 0 saturated heterocycles. The van der Waals surface area contributed by atoms with E-state index in [0.29, 0.717) is 32.3 Å². The second-order valence-electron chi connectivity index (χ2n) is 6.24. The largest absolute Gasteiger partial charge is 0.319 e. The number of nitrogens with zero attached hydrogens (tertiary/aromatic N) is 3. The summed E-state index contributed by atoms with van der Waals surface area (Å²) in [6.45, 7) is 0. The smallest absolute Gasteiger partial charge is 0.295 e. The average Bonchev–Trinajstić information content (AvgIpc) is 3.16. The fourth-order valence-electron chi connectivity index (χ4n) is 2.74. The van der Waals surface area contributed by atoms with E-state index >= 15 is 0 Å². The van der Waals surface area contributed by atoms with Gasteiger partial charge in [-0.25, -0.2) is 9.67 Å². The second kappa shape index (κ2) is 8.78. The highest BCUT2D eigenvalue weighted by molar-refractivity contribution is 9.10. The van der Waals surface area contributed by atoms with Gasteiger partial charge in [0.15, 0.2) is 5.82 Å². The van der Waals surface area contributed by atoms with E-state index < -0.39 is 5.91 Å². The van der Waals surface area contributed by atoms with Gasteiger partial charge in [0.05, 0.1) is 15.7 Å². The number of halogens is 4. The average molecular weight is 523 g/mol. The second-order valence-corrected chi connectivity index (χ2v) is 8.41. The van der Waals surface area contributed by atoms with Crippen LogP contribution in [0.4, 0.5) is 5.69 Å². The van der Waals surface area contributed by atoms with Crippen LogP contribution in [0.3, 0.4) is 0 Å². The Bertz CT molecular complexity index is 1240. The Morgan fingerprint density at radius 1 is 0.933 bits per heavy atom. The molecule has 0 fully saturated rings. The Labute approximate surface area is 195 Å². The Morgan fingerprint density at radius 3 is 2.40 bits per heavy atom. The summed E-state index contributed by atoms with van der Waals surface area (Å²) in [5.74, 6) is 0.0190. The molecule has 0 unspecified atom stereocenters.